The maximum atomic E-state index is 12.4. The van der Waals surface area contributed by atoms with E-state index in [4.69, 9.17) is 10.5 Å². The molecule has 1 aliphatic rings. The number of hydrogen-bond donors (Lipinski definition) is 1. The fourth-order valence-electron chi connectivity index (χ4n) is 2.70. The van der Waals surface area contributed by atoms with Crippen LogP contribution in [-0.4, -0.2) is 42.8 Å². The number of carbonyl (C=O) groups excluding carboxylic acids is 2. The highest BCUT2D eigenvalue weighted by Crippen LogP contribution is 2.21. The van der Waals surface area contributed by atoms with Crippen LogP contribution in [0.5, 0.6) is 5.75 Å². The lowest BCUT2D eigenvalue weighted by Crippen LogP contribution is -2.43. The van der Waals surface area contributed by atoms with Gasteiger partial charge in [-0.15, -0.1) is 0 Å². The number of nitrogens with zero attached hydrogens (tertiary/aromatic N) is 1. The SMILES string of the molecule is CCOc1ccccc1C(=O)CN1CCCC(C(N)=O)C1. The first-order valence-corrected chi connectivity index (χ1v) is 7.38. The number of para-hydroxylation sites is 1. The number of primary amides is 1. The minimum Gasteiger partial charge on any atom is -0.493 e. The lowest BCUT2D eigenvalue weighted by atomic mass is 9.97. The molecule has 0 spiro atoms. The standard InChI is InChI=1S/C16H22N2O3/c1-2-21-15-8-4-3-7-13(15)14(19)11-18-9-5-6-12(10-18)16(17)20/h3-4,7-8,12H,2,5-6,9-11H2,1H3,(H2,17,20). The fraction of sp³-hybridized carbons (Fsp3) is 0.500. The van der Waals surface area contributed by atoms with Gasteiger partial charge in [-0.05, 0) is 38.4 Å². The molecule has 1 heterocycles. The van der Waals surface area contributed by atoms with Gasteiger partial charge >= 0.3 is 0 Å². The number of piperidine rings is 1. The highest BCUT2D eigenvalue weighted by Gasteiger charge is 2.26. The summed E-state index contributed by atoms with van der Waals surface area (Å²) in [6.07, 6.45) is 1.71. The first-order valence-electron chi connectivity index (χ1n) is 7.38. The summed E-state index contributed by atoms with van der Waals surface area (Å²) in [5, 5.41) is 0. The molecule has 2 rings (SSSR count). The second kappa shape index (κ2) is 7.22. The molecular formula is C16H22N2O3. The van der Waals surface area contributed by atoms with Gasteiger partial charge in [0.15, 0.2) is 5.78 Å². The van der Waals surface area contributed by atoms with Gasteiger partial charge in [0, 0.05) is 6.54 Å². The van der Waals surface area contributed by atoms with Gasteiger partial charge in [0.1, 0.15) is 5.75 Å². The van der Waals surface area contributed by atoms with E-state index < -0.39 is 0 Å². The van der Waals surface area contributed by atoms with Crippen LogP contribution < -0.4 is 10.5 Å². The van der Waals surface area contributed by atoms with Crippen molar-refractivity contribution in [1.29, 1.82) is 0 Å². The molecule has 5 nitrogen and oxygen atoms in total. The van der Waals surface area contributed by atoms with Gasteiger partial charge in [0.05, 0.1) is 24.6 Å². The molecule has 1 aliphatic heterocycles. The number of ketones is 1. The molecular weight excluding hydrogens is 268 g/mol. The van der Waals surface area contributed by atoms with Crippen molar-refractivity contribution in [2.75, 3.05) is 26.2 Å². The second-order valence-electron chi connectivity index (χ2n) is 5.33. The van der Waals surface area contributed by atoms with E-state index in [1.807, 2.05) is 24.0 Å². The second-order valence-corrected chi connectivity index (χ2v) is 5.33. The number of carbonyl (C=O) groups is 2. The molecule has 1 amide bonds. The predicted octanol–water partition coefficient (Wildman–Crippen LogP) is 1.47. The van der Waals surface area contributed by atoms with Crippen molar-refractivity contribution in [2.24, 2.45) is 11.7 Å². The molecule has 0 radical (unpaired) electrons. The van der Waals surface area contributed by atoms with Crippen molar-refractivity contribution in [3.63, 3.8) is 0 Å². The summed E-state index contributed by atoms with van der Waals surface area (Å²) in [4.78, 5) is 25.7. The van der Waals surface area contributed by atoms with E-state index in [0.717, 1.165) is 19.4 Å². The Morgan fingerprint density at radius 2 is 2.14 bits per heavy atom. The first kappa shape index (κ1) is 15.5. The summed E-state index contributed by atoms with van der Waals surface area (Å²) >= 11 is 0. The first-order chi connectivity index (χ1) is 10.1. The van der Waals surface area contributed by atoms with Gasteiger partial charge in [-0.25, -0.2) is 0 Å². The smallest absolute Gasteiger partial charge is 0.221 e. The number of ether oxygens (including phenoxy) is 1. The van der Waals surface area contributed by atoms with Crippen molar-refractivity contribution in [1.82, 2.24) is 4.90 Å². The molecule has 0 aliphatic carbocycles. The van der Waals surface area contributed by atoms with Crippen LogP contribution in [0, 0.1) is 5.92 Å². The zero-order valence-electron chi connectivity index (χ0n) is 12.4. The van der Waals surface area contributed by atoms with Crippen molar-refractivity contribution in [3.8, 4) is 5.75 Å². The molecule has 0 saturated carbocycles. The third kappa shape index (κ3) is 4.04. The minimum absolute atomic E-state index is 0.0178. The number of nitrogens with two attached hydrogens (primary N) is 1. The number of benzene rings is 1. The Balaban J connectivity index is 2.02. The third-order valence-electron chi connectivity index (χ3n) is 3.76. The molecule has 1 aromatic carbocycles. The Bertz CT molecular complexity index is 516. The van der Waals surface area contributed by atoms with Crippen LogP contribution in [0.1, 0.15) is 30.1 Å². The highest BCUT2D eigenvalue weighted by atomic mass is 16.5. The Labute approximate surface area is 125 Å². The van der Waals surface area contributed by atoms with E-state index in [2.05, 4.69) is 0 Å². The Kier molecular flexibility index (Phi) is 5.33. The summed E-state index contributed by atoms with van der Waals surface area (Å²) in [5.74, 6) is 0.216. The summed E-state index contributed by atoms with van der Waals surface area (Å²) in [7, 11) is 0. The summed E-state index contributed by atoms with van der Waals surface area (Å²) in [5.41, 5.74) is 5.96. The molecule has 2 N–H and O–H groups in total. The van der Waals surface area contributed by atoms with E-state index in [1.54, 1.807) is 12.1 Å². The largest absolute Gasteiger partial charge is 0.493 e. The monoisotopic (exact) mass is 290 g/mol. The summed E-state index contributed by atoms with van der Waals surface area (Å²) in [6.45, 7) is 4.11. The number of hydrogen-bond acceptors (Lipinski definition) is 4. The Morgan fingerprint density at radius 3 is 2.86 bits per heavy atom. The van der Waals surface area contributed by atoms with Crippen LogP contribution in [0.2, 0.25) is 0 Å². The molecule has 0 bridgehead atoms. The van der Waals surface area contributed by atoms with Gasteiger partial charge < -0.3 is 10.5 Å². The van der Waals surface area contributed by atoms with Crippen LogP contribution in [-0.2, 0) is 4.79 Å². The number of amides is 1. The lowest BCUT2D eigenvalue weighted by Gasteiger charge is -2.30. The maximum Gasteiger partial charge on any atom is 0.221 e. The van der Waals surface area contributed by atoms with Crippen molar-refractivity contribution >= 4 is 11.7 Å². The molecule has 1 atom stereocenters. The number of Topliss-reactive ketones (excluding diaryl/α,β-unsaturated/α-hetero) is 1. The molecule has 21 heavy (non-hydrogen) atoms. The van der Waals surface area contributed by atoms with Crippen LogP contribution >= 0.6 is 0 Å². The predicted molar refractivity (Wildman–Crippen MR) is 80.3 cm³/mol. The zero-order valence-corrected chi connectivity index (χ0v) is 12.4. The van der Waals surface area contributed by atoms with Gasteiger partial charge in [-0.2, -0.15) is 0 Å². The quantitative estimate of drug-likeness (QED) is 0.805. The maximum absolute atomic E-state index is 12.4. The third-order valence-corrected chi connectivity index (χ3v) is 3.76. The van der Waals surface area contributed by atoms with E-state index in [0.29, 0.717) is 31.0 Å². The minimum atomic E-state index is -0.276. The molecule has 1 aromatic rings. The topological polar surface area (TPSA) is 72.6 Å². The van der Waals surface area contributed by atoms with Crippen LogP contribution in [0.4, 0.5) is 0 Å². The van der Waals surface area contributed by atoms with Gasteiger partial charge in [0.2, 0.25) is 5.91 Å². The van der Waals surface area contributed by atoms with Gasteiger partial charge in [-0.3, -0.25) is 14.5 Å². The molecule has 1 fully saturated rings. The van der Waals surface area contributed by atoms with Crippen LogP contribution in [0.15, 0.2) is 24.3 Å². The van der Waals surface area contributed by atoms with Crippen LogP contribution in [0.25, 0.3) is 0 Å². The van der Waals surface area contributed by atoms with E-state index in [9.17, 15) is 9.59 Å². The molecule has 0 aromatic heterocycles. The normalized spacial score (nSPS) is 19.2. The highest BCUT2D eigenvalue weighted by molar-refractivity contribution is 6.00. The van der Waals surface area contributed by atoms with Gasteiger partial charge in [-0.1, -0.05) is 12.1 Å². The molecule has 5 heteroatoms. The fourth-order valence-corrected chi connectivity index (χ4v) is 2.70. The number of rotatable bonds is 6. The van der Waals surface area contributed by atoms with Gasteiger partial charge in [0.25, 0.3) is 0 Å². The average molecular weight is 290 g/mol. The molecule has 1 unspecified atom stereocenters. The van der Waals surface area contributed by atoms with Crippen molar-refractivity contribution in [3.05, 3.63) is 29.8 Å². The Morgan fingerprint density at radius 1 is 1.38 bits per heavy atom. The van der Waals surface area contributed by atoms with Crippen LogP contribution in [0.3, 0.4) is 0 Å². The number of likely N-dealkylation sites (tertiary alicyclic amines) is 1. The van der Waals surface area contributed by atoms with E-state index in [-0.39, 0.29) is 17.6 Å². The van der Waals surface area contributed by atoms with E-state index >= 15 is 0 Å². The molecule has 1 saturated heterocycles. The summed E-state index contributed by atoms with van der Waals surface area (Å²) < 4.78 is 5.49. The zero-order chi connectivity index (χ0) is 15.2. The van der Waals surface area contributed by atoms with Crippen molar-refractivity contribution < 1.29 is 14.3 Å². The lowest BCUT2D eigenvalue weighted by molar-refractivity contribution is -0.123. The Hall–Kier alpha value is -1.88. The van der Waals surface area contributed by atoms with Crippen molar-refractivity contribution in [2.45, 2.75) is 19.8 Å². The van der Waals surface area contributed by atoms with E-state index in [1.165, 1.54) is 0 Å². The molecule has 114 valence electrons. The summed E-state index contributed by atoms with van der Waals surface area (Å²) in [6, 6.07) is 7.27. The average Bonchev–Trinajstić information content (AvgIpc) is 2.48.